The average molecular weight is 510 g/mol. The number of carboxylic acid groups (broad SMARTS) is 1. The van der Waals surface area contributed by atoms with Crippen LogP contribution in [0.25, 0.3) is 11.7 Å². The Bertz CT molecular complexity index is 1420. The summed E-state index contributed by atoms with van der Waals surface area (Å²) < 4.78 is 33.4. The second-order valence-electron chi connectivity index (χ2n) is 8.75. The van der Waals surface area contributed by atoms with Gasteiger partial charge in [-0.15, -0.1) is 0 Å². The van der Waals surface area contributed by atoms with Gasteiger partial charge in [-0.2, -0.15) is 18.3 Å². The van der Waals surface area contributed by atoms with E-state index in [1.807, 2.05) is 6.20 Å². The van der Waals surface area contributed by atoms with E-state index in [1.165, 1.54) is 0 Å². The second kappa shape index (κ2) is 10.0. The minimum Gasteiger partial charge on any atom is -0.493 e. The summed E-state index contributed by atoms with van der Waals surface area (Å²) in [4.78, 5) is 34.9. The smallest absolute Gasteiger partial charge is 0.490 e. The van der Waals surface area contributed by atoms with Gasteiger partial charge in [0.2, 0.25) is 5.88 Å². The molecule has 2 aliphatic carbocycles. The number of aromatic amines is 2. The van der Waals surface area contributed by atoms with E-state index in [-0.39, 0.29) is 23.7 Å². The molecule has 12 nitrogen and oxygen atoms in total. The monoisotopic (exact) mass is 510 g/mol. The molecule has 0 bridgehead atoms. The summed E-state index contributed by atoms with van der Waals surface area (Å²) in [5.74, 6) is -2.97. The first-order chi connectivity index (χ1) is 17.0. The highest BCUT2D eigenvalue weighted by atomic mass is 19.4. The lowest BCUT2D eigenvalue weighted by molar-refractivity contribution is -0.192. The Balaban J connectivity index is 0.000000384. The molecule has 0 atom stereocenters. The van der Waals surface area contributed by atoms with Crippen LogP contribution in [-0.2, 0) is 4.79 Å². The number of hydrogen-bond donors (Lipinski definition) is 6. The van der Waals surface area contributed by atoms with Gasteiger partial charge in [0, 0.05) is 17.3 Å². The number of nitrogens with two attached hydrogens (primary N) is 1. The van der Waals surface area contributed by atoms with Crippen molar-refractivity contribution >= 4 is 23.4 Å². The molecule has 15 heteroatoms. The number of nitrogens with zero attached hydrogens (tertiary/aromatic N) is 4. The number of rotatable bonds is 4. The van der Waals surface area contributed by atoms with Crippen molar-refractivity contribution < 1.29 is 28.2 Å². The molecule has 0 amide bonds. The van der Waals surface area contributed by atoms with Crippen LogP contribution in [0.5, 0.6) is 5.88 Å². The lowest BCUT2D eigenvalue weighted by Gasteiger charge is -2.22. The van der Waals surface area contributed by atoms with Crippen LogP contribution < -0.4 is 27.4 Å². The molecule has 0 radical (unpaired) electrons. The van der Waals surface area contributed by atoms with Crippen molar-refractivity contribution in [2.45, 2.75) is 62.8 Å². The number of halogens is 3. The highest BCUT2D eigenvalue weighted by Gasteiger charge is 2.38. The number of nitrogens with one attached hydrogen (secondary N) is 3. The number of aliphatic carboxylic acids is 1. The SMILES string of the molecule is NC1CCC(N=c2nc3c(=Cc4[nH]c(=O)[nH]c4O)cnn3cc2NC2CC2)CC1.O=C(O)C(F)(F)F. The first kappa shape index (κ1) is 25.2. The molecule has 194 valence electrons. The molecule has 0 spiro atoms. The van der Waals surface area contributed by atoms with Crippen LogP contribution in [0.4, 0.5) is 18.9 Å². The van der Waals surface area contributed by atoms with Crippen LogP contribution in [-0.4, -0.2) is 65.1 Å². The number of carbonyl (C=O) groups is 1. The van der Waals surface area contributed by atoms with Crippen molar-refractivity contribution in [1.82, 2.24) is 24.6 Å². The van der Waals surface area contributed by atoms with Crippen LogP contribution in [0.15, 0.2) is 22.2 Å². The molecular formula is C21H25F3N8O4. The van der Waals surface area contributed by atoms with E-state index in [9.17, 15) is 23.1 Å². The van der Waals surface area contributed by atoms with Gasteiger partial charge in [-0.05, 0) is 44.6 Å². The largest absolute Gasteiger partial charge is 0.493 e. The van der Waals surface area contributed by atoms with Gasteiger partial charge in [0.25, 0.3) is 0 Å². The predicted molar refractivity (Wildman–Crippen MR) is 121 cm³/mol. The first-order valence-electron chi connectivity index (χ1n) is 11.3. The van der Waals surface area contributed by atoms with Crippen molar-refractivity contribution in [2.24, 2.45) is 10.7 Å². The van der Waals surface area contributed by atoms with Crippen molar-refractivity contribution in [1.29, 1.82) is 0 Å². The van der Waals surface area contributed by atoms with Gasteiger partial charge < -0.3 is 26.2 Å². The number of alkyl halides is 3. The number of imidazole rings is 1. The number of hydrogen-bond acceptors (Lipinski definition) is 8. The van der Waals surface area contributed by atoms with E-state index in [2.05, 4.69) is 20.4 Å². The molecule has 3 heterocycles. The number of fused-ring (bicyclic) bond motifs is 1. The fraction of sp³-hybridized carbons (Fsp3) is 0.476. The summed E-state index contributed by atoms with van der Waals surface area (Å²) in [6, 6.07) is 0.949. The van der Waals surface area contributed by atoms with Gasteiger partial charge in [0.15, 0.2) is 11.1 Å². The maximum atomic E-state index is 11.4. The van der Waals surface area contributed by atoms with Crippen molar-refractivity contribution in [3.05, 3.63) is 39.3 Å². The summed E-state index contributed by atoms with van der Waals surface area (Å²) in [5, 5.41) is 25.5. The van der Waals surface area contributed by atoms with Gasteiger partial charge in [0.1, 0.15) is 5.69 Å². The lowest BCUT2D eigenvalue weighted by Crippen LogP contribution is -2.30. The fourth-order valence-corrected chi connectivity index (χ4v) is 3.72. The Kier molecular flexibility index (Phi) is 7.01. The molecule has 2 fully saturated rings. The third-order valence-corrected chi connectivity index (χ3v) is 5.76. The van der Waals surface area contributed by atoms with Gasteiger partial charge in [-0.3, -0.25) is 9.98 Å². The third kappa shape index (κ3) is 6.21. The maximum absolute atomic E-state index is 11.4. The third-order valence-electron chi connectivity index (χ3n) is 5.76. The van der Waals surface area contributed by atoms with E-state index in [4.69, 9.17) is 25.6 Å². The zero-order valence-corrected chi connectivity index (χ0v) is 18.9. The van der Waals surface area contributed by atoms with Crippen LogP contribution in [0.2, 0.25) is 0 Å². The minimum absolute atomic E-state index is 0.213. The number of aromatic hydroxyl groups is 1. The number of anilines is 1. The Morgan fingerprint density at radius 1 is 1.22 bits per heavy atom. The van der Waals surface area contributed by atoms with E-state index in [0.29, 0.717) is 22.4 Å². The van der Waals surface area contributed by atoms with Gasteiger partial charge in [-0.25, -0.2) is 19.1 Å². The maximum Gasteiger partial charge on any atom is 0.490 e. The van der Waals surface area contributed by atoms with E-state index >= 15 is 0 Å². The van der Waals surface area contributed by atoms with Gasteiger partial charge in [0.05, 0.1) is 24.1 Å². The highest BCUT2D eigenvalue weighted by Crippen LogP contribution is 2.23. The number of H-pyrrole nitrogens is 2. The molecule has 2 saturated carbocycles. The summed E-state index contributed by atoms with van der Waals surface area (Å²) in [5.41, 5.74) is 8.00. The minimum atomic E-state index is -5.08. The van der Waals surface area contributed by atoms with E-state index in [0.717, 1.165) is 44.2 Å². The summed E-state index contributed by atoms with van der Waals surface area (Å²) in [6.07, 6.45) is 6.30. The van der Waals surface area contributed by atoms with Crippen LogP contribution >= 0.6 is 0 Å². The van der Waals surface area contributed by atoms with Crippen molar-refractivity contribution in [3.8, 4) is 5.88 Å². The molecule has 0 saturated heterocycles. The predicted octanol–water partition coefficient (Wildman–Crippen LogP) is 0.377. The van der Waals surface area contributed by atoms with E-state index in [1.54, 1.807) is 16.8 Å². The molecule has 3 aromatic heterocycles. The zero-order valence-electron chi connectivity index (χ0n) is 18.9. The molecule has 5 rings (SSSR count). The molecule has 3 aromatic rings. The summed E-state index contributed by atoms with van der Waals surface area (Å²) in [6.45, 7) is 0. The summed E-state index contributed by atoms with van der Waals surface area (Å²) >= 11 is 0. The normalized spacial score (nSPS) is 21.3. The Morgan fingerprint density at radius 3 is 2.44 bits per heavy atom. The van der Waals surface area contributed by atoms with Crippen LogP contribution in [0.1, 0.15) is 44.2 Å². The average Bonchev–Trinajstić information content (AvgIpc) is 3.45. The fourth-order valence-electron chi connectivity index (χ4n) is 3.72. The molecule has 0 aromatic carbocycles. The molecule has 36 heavy (non-hydrogen) atoms. The van der Waals surface area contributed by atoms with Crippen molar-refractivity contribution in [3.63, 3.8) is 0 Å². The zero-order chi connectivity index (χ0) is 26.0. The molecule has 0 unspecified atom stereocenters. The van der Waals surface area contributed by atoms with Gasteiger partial charge >= 0.3 is 17.8 Å². The standard InChI is InChI=1S/C19H24N8O2.C2HF3O2/c20-11-1-3-13(4-2-11)23-16-15(22-12-5-6-12)9-27-17(25-16)10(8-21-27)7-14-18(28)26-19(29)24-14;3-2(4,5)1(6)7/h7-9,11-13,22,28H,1-6,20H2,(H2,24,26,29);(H,6,7). The Hall–Kier alpha value is -3.88. The molecule has 7 N–H and O–H groups in total. The van der Waals surface area contributed by atoms with Crippen molar-refractivity contribution in [2.75, 3.05) is 5.32 Å². The first-order valence-corrected chi connectivity index (χ1v) is 11.3. The van der Waals surface area contributed by atoms with Crippen LogP contribution in [0, 0.1) is 0 Å². The Morgan fingerprint density at radius 2 is 1.89 bits per heavy atom. The topological polar surface area (TPSA) is 187 Å². The quantitative estimate of drug-likeness (QED) is 0.291. The molecule has 2 aliphatic rings. The van der Waals surface area contributed by atoms with Crippen LogP contribution in [0.3, 0.4) is 0 Å². The number of aromatic nitrogens is 5. The van der Waals surface area contributed by atoms with E-state index < -0.39 is 17.8 Å². The Labute approximate surface area is 200 Å². The summed E-state index contributed by atoms with van der Waals surface area (Å²) in [7, 11) is 0. The highest BCUT2D eigenvalue weighted by molar-refractivity contribution is 5.73. The lowest BCUT2D eigenvalue weighted by atomic mass is 9.92. The second-order valence-corrected chi connectivity index (χ2v) is 8.75. The van der Waals surface area contributed by atoms with Gasteiger partial charge in [-0.1, -0.05) is 0 Å². The molecule has 0 aliphatic heterocycles. The number of carboxylic acids is 1. The molecular weight excluding hydrogens is 485 g/mol.